The van der Waals surface area contributed by atoms with Crippen LogP contribution in [-0.2, 0) is 4.79 Å². The third kappa shape index (κ3) is 2.16. The lowest BCUT2D eigenvalue weighted by atomic mass is 9.73. The summed E-state index contributed by atoms with van der Waals surface area (Å²) in [5.74, 6) is -0.300. The Labute approximate surface area is 114 Å². The van der Waals surface area contributed by atoms with Gasteiger partial charge in [-0.15, -0.1) is 0 Å². The Kier molecular flexibility index (Phi) is 3.31. The molecule has 1 aliphatic carbocycles. The molecular weight excluding hydrogens is 238 g/mol. The van der Waals surface area contributed by atoms with Crippen molar-refractivity contribution in [2.45, 2.75) is 50.7 Å². The van der Waals surface area contributed by atoms with Crippen molar-refractivity contribution in [1.82, 2.24) is 4.90 Å². The van der Waals surface area contributed by atoms with Crippen LogP contribution in [0.15, 0.2) is 30.3 Å². The Morgan fingerprint density at radius 2 is 1.84 bits per heavy atom. The molecular formula is C16H21NO2. The second kappa shape index (κ2) is 4.97. The van der Waals surface area contributed by atoms with Gasteiger partial charge in [0.15, 0.2) is 0 Å². The maximum atomic E-state index is 11.6. The summed E-state index contributed by atoms with van der Waals surface area (Å²) in [5.41, 5.74) is 1.22. The SMILES string of the molecule is C[C@H](c1ccccc1)N1C2CCC(CC2)[C@@H]1C(=O)O. The molecule has 4 rings (SSSR count). The van der Waals surface area contributed by atoms with Gasteiger partial charge in [0.2, 0.25) is 0 Å². The zero-order valence-corrected chi connectivity index (χ0v) is 11.3. The first-order chi connectivity index (χ1) is 9.18. The summed E-state index contributed by atoms with van der Waals surface area (Å²) in [5, 5.41) is 9.58. The third-order valence-electron chi connectivity index (χ3n) is 4.91. The van der Waals surface area contributed by atoms with Crippen molar-refractivity contribution in [3.63, 3.8) is 0 Å². The van der Waals surface area contributed by atoms with Crippen LogP contribution in [0.4, 0.5) is 0 Å². The number of aliphatic carboxylic acids is 1. The number of benzene rings is 1. The van der Waals surface area contributed by atoms with Crippen LogP contribution in [0.2, 0.25) is 0 Å². The van der Waals surface area contributed by atoms with Crippen molar-refractivity contribution in [2.75, 3.05) is 0 Å². The van der Waals surface area contributed by atoms with Gasteiger partial charge in [0.1, 0.15) is 6.04 Å². The minimum atomic E-state index is -0.641. The van der Waals surface area contributed by atoms with Gasteiger partial charge in [-0.05, 0) is 44.1 Å². The van der Waals surface area contributed by atoms with Gasteiger partial charge < -0.3 is 5.11 Å². The standard InChI is InChI=1S/C16H21NO2/c1-11(12-5-3-2-4-6-12)17-14-9-7-13(8-10-14)15(17)16(18)19/h2-6,11,13-15H,7-10H2,1H3,(H,18,19)/t11-,13?,14?,15-/m1/s1. The third-order valence-corrected chi connectivity index (χ3v) is 4.91. The van der Waals surface area contributed by atoms with Crippen LogP contribution >= 0.6 is 0 Å². The molecule has 3 heteroatoms. The molecule has 1 aromatic carbocycles. The minimum absolute atomic E-state index is 0.190. The highest BCUT2D eigenvalue weighted by molar-refractivity contribution is 5.74. The van der Waals surface area contributed by atoms with Crippen LogP contribution in [0, 0.1) is 5.92 Å². The van der Waals surface area contributed by atoms with E-state index in [-0.39, 0.29) is 12.1 Å². The van der Waals surface area contributed by atoms with E-state index in [1.165, 1.54) is 5.56 Å². The van der Waals surface area contributed by atoms with E-state index in [9.17, 15) is 9.90 Å². The van der Waals surface area contributed by atoms with Gasteiger partial charge in [-0.3, -0.25) is 9.69 Å². The minimum Gasteiger partial charge on any atom is -0.480 e. The molecule has 2 bridgehead atoms. The fraction of sp³-hybridized carbons (Fsp3) is 0.562. The average Bonchev–Trinajstić information content (AvgIpc) is 2.47. The second-order valence-electron chi connectivity index (χ2n) is 5.89. The fourth-order valence-electron chi connectivity index (χ4n) is 3.98. The van der Waals surface area contributed by atoms with Gasteiger partial charge in [0.25, 0.3) is 0 Å². The van der Waals surface area contributed by atoms with E-state index in [4.69, 9.17) is 0 Å². The zero-order chi connectivity index (χ0) is 13.4. The monoisotopic (exact) mass is 259 g/mol. The quantitative estimate of drug-likeness (QED) is 0.907. The molecule has 1 aromatic rings. The average molecular weight is 259 g/mol. The smallest absolute Gasteiger partial charge is 0.321 e. The number of carbonyl (C=O) groups is 1. The number of fused-ring (bicyclic) bond motifs is 3. The molecule has 0 unspecified atom stereocenters. The van der Waals surface area contributed by atoms with Crippen molar-refractivity contribution in [3.05, 3.63) is 35.9 Å². The molecule has 2 heterocycles. The van der Waals surface area contributed by atoms with E-state index >= 15 is 0 Å². The maximum absolute atomic E-state index is 11.6. The molecule has 0 spiro atoms. The first-order valence-electron chi connectivity index (χ1n) is 7.23. The first kappa shape index (κ1) is 12.7. The Balaban J connectivity index is 1.91. The van der Waals surface area contributed by atoms with E-state index in [0.717, 1.165) is 25.7 Å². The molecule has 0 amide bonds. The van der Waals surface area contributed by atoms with Crippen LogP contribution in [0.1, 0.15) is 44.2 Å². The summed E-state index contributed by atoms with van der Waals surface area (Å²) >= 11 is 0. The molecule has 2 aliphatic heterocycles. The van der Waals surface area contributed by atoms with E-state index in [0.29, 0.717) is 12.0 Å². The van der Waals surface area contributed by atoms with Gasteiger partial charge in [-0.1, -0.05) is 30.3 Å². The van der Waals surface area contributed by atoms with Crippen molar-refractivity contribution < 1.29 is 9.90 Å². The van der Waals surface area contributed by atoms with Gasteiger partial charge in [0.05, 0.1) is 0 Å². The summed E-state index contributed by atoms with van der Waals surface area (Å²) in [6, 6.07) is 10.6. The highest BCUT2D eigenvalue weighted by Gasteiger charge is 2.47. The molecule has 0 radical (unpaired) electrons. The van der Waals surface area contributed by atoms with Gasteiger partial charge >= 0.3 is 5.97 Å². The number of carboxylic acid groups (broad SMARTS) is 1. The van der Waals surface area contributed by atoms with Crippen LogP contribution in [0.5, 0.6) is 0 Å². The maximum Gasteiger partial charge on any atom is 0.321 e. The highest BCUT2D eigenvalue weighted by atomic mass is 16.4. The van der Waals surface area contributed by atoms with Crippen LogP contribution in [0.3, 0.4) is 0 Å². The molecule has 1 saturated carbocycles. The first-order valence-corrected chi connectivity index (χ1v) is 7.23. The van der Waals surface area contributed by atoms with Crippen molar-refractivity contribution >= 4 is 5.97 Å². The van der Waals surface area contributed by atoms with Crippen molar-refractivity contribution in [3.8, 4) is 0 Å². The summed E-state index contributed by atoms with van der Waals surface area (Å²) < 4.78 is 0. The van der Waals surface area contributed by atoms with Crippen LogP contribution < -0.4 is 0 Å². The lowest BCUT2D eigenvalue weighted by molar-refractivity contribution is -0.155. The summed E-state index contributed by atoms with van der Waals surface area (Å²) in [6.45, 7) is 2.14. The Morgan fingerprint density at radius 3 is 2.42 bits per heavy atom. The molecule has 1 N–H and O–H groups in total. The van der Waals surface area contributed by atoms with Gasteiger partial charge in [0, 0.05) is 12.1 Å². The normalized spacial score (nSPS) is 32.2. The summed E-state index contributed by atoms with van der Waals surface area (Å²) in [4.78, 5) is 13.9. The molecule has 3 fully saturated rings. The molecule has 3 aliphatic rings. The number of carboxylic acids is 1. The second-order valence-corrected chi connectivity index (χ2v) is 5.89. The van der Waals surface area contributed by atoms with E-state index < -0.39 is 5.97 Å². The highest BCUT2D eigenvalue weighted by Crippen LogP contribution is 2.43. The Bertz CT molecular complexity index is 451. The van der Waals surface area contributed by atoms with E-state index in [1.807, 2.05) is 18.2 Å². The van der Waals surface area contributed by atoms with E-state index in [1.54, 1.807) is 0 Å². The van der Waals surface area contributed by atoms with Crippen molar-refractivity contribution in [1.29, 1.82) is 0 Å². The Morgan fingerprint density at radius 1 is 1.21 bits per heavy atom. The fourth-order valence-corrected chi connectivity index (χ4v) is 3.98. The van der Waals surface area contributed by atoms with Crippen LogP contribution in [-0.4, -0.2) is 28.1 Å². The lowest BCUT2D eigenvalue weighted by Crippen LogP contribution is -2.58. The molecule has 102 valence electrons. The summed E-state index contributed by atoms with van der Waals surface area (Å²) in [6.07, 6.45) is 4.48. The van der Waals surface area contributed by atoms with Gasteiger partial charge in [-0.25, -0.2) is 0 Å². The Hall–Kier alpha value is -1.35. The number of hydrogen-bond acceptors (Lipinski definition) is 2. The lowest BCUT2D eigenvalue weighted by Gasteiger charge is -2.52. The topological polar surface area (TPSA) is 40.5 Å². The van der Waals surface area contributed by atoms with Crippen LogP contribution in [0.25, 0.3) is 0 Å². The summed E-state index contributed by atoms with van der Waals surface area (Å²) in [7, 11) is 0. The molecule has 3 nitrogen and oxygen atoms in total. The van der Waals surface area contributed by atoms with Gasteiger partial charge in [-0.2, -0.15) is 0 Å². The number of hydrogen-bond donors (Lipinski definition) is 1. The predicted molar refractivity (Wildman–Crippen MR) is 73.9 cm³/mol. The zero-order valence-electron chi connectivity index (χ0n) is 11.3. The molecule has 2 atom stereocenters. The molecule has 19 heavy (non-hydrogen) atoms. The van der Waals surface area contributed by atoms with E-state index in [2.05, 4.69) is 24.0 Å². The van der Waals surface area contributed by atoms with Crippen molar-refractivity contribution in [2.24, 2.45) is 5.92 Å². The number of rotatable bonds is 3. The molecule has 2 saturated heterocycles. The predicted octanol–water partition coefficient (Wildman–Crippen LogP) is 3.08. The largest absolute Gasteiger partial charge is 0.480 e. The number of nitrogens with zero attached hydrogens (tertiary/aromatic N) is 1. The molecule has 0 aromatic heterocycles. The number of piperidine rings is 2.